The van der Waals surface area contributed by atoms with Crippen LogP contribution in [0.3, 0.4) is 0 Å². The van der Waals surface area contributed by atoms with Crippen LogP contribution in [0.1, 0.15) is 0 Å². The standard InChI is InChI=1S/C20H13Cl2N3O2S2/c21-14-7-6-12(8-15(14)22)23-16(26)10-29-20-24-18(27)17-13(9-28-19(17)25-20)11-4-2-1-3-5-11/h1-9H,10H2,(H,23,26)(H,24,25,27). The van der Waals surface area contributed by atoms with E-state index in [9.17, 15) is 9.59 Å². The fraction of sp³-hybridized carbons (Fsp3) is 0.0500. The van der Waals surface area contributed by atoms with Crippen molar-refractivity contribution < 1.29 is 4.79 Å². The van der Waals surface area contributed by atoms with Crippen molar-refractivity contribution in [1.29, 1.82) is 0 Å². The fourth-order valence-electron chi connectivity index (χ4n) is 2.73. The van der Waals surface area contributed by atoms with E-state index in [4.69, 9.17) is 23.2 Å². The molecule has 0 aliphatic heterocycles. The Kier molecular flexibility index (Phi) is 5.91. The first-order valence-corrected chi connectivity index (χ1v) is 11.1. The second-order valence-corrected chi connectivity index (χ2v) is 8.67. The van der Waals surface area contributed by atoms with Crippen LogP contribution >= 0.6 is 46.3 Å². The molecule has 9 heteroatoms. The average molecular weight is 462 g/mol. The highest BCUT2D eigenvalue weighted by Gasteiger charge is 2.14. The molecule has 0 fully saturated rings. The van der Waals surface area contributed by atoms with Crippen molar-refractivity contribution in [2.24, 2.45) is 0 Å². The largest absolute Gasteiger partial charge is 0.325 e. The van der Waals surface area contributed by atoms with Gasteiger partial charge in [-0.3, -0.25) is 9.59 Å². The van der Waals surface area contributed by atoms with E-state index in [-0.39, 0.29) is 17.2 Å². The molecule has 2 N–H and O–H groups in total. The van der Waals surface area contributed by atoms with Crippen molar-refractivity contribution >= 4 is 68.1 Å². The Balaban J connectivity index is 1.49. The molecule has 2 aromatic heterocycles. The summed E-state index contributed by atoms with van der Waals surface area (Å²) in [6.07, 6.45) is 0. The van der Waals surface area contributed by atoms with Gasteiger partial charge in [0.2, 0.25) is 5.91 Å². The van der Waals surface area contributed by atoms with Gasteiger partial charge in [-0.1, -0.05) is 65.3 Å². The Hall–Kier alpha value is -2.32. The Bertz CT molecular complexity index is 1260. The van der Waals surface area contributed by atoms with Crippen LogP contribution in [0.5, 0.6) is 0 Å². The van der Waals surface area contributed by atoms with Gasteiger partial charge in [-0.25, -0.2) is 4.98 Å². The molecule has 4 aromatic rings. The molecule has 146 valence electrons. The molecule has 2 aromatic carbocycles. The topological polar surface area (TPSA) is 74.8 Å². The molecule has 0 saturated carbocycles. The van der Waals surface area contributed by atoms with Gasteiger partial charge in [0.1, 0.15) is 4.83 Å². The molecule has 4 rings (SSSR count). The number of anilines is 1. The number of carbonyl (C=O) groups excluding carboxylic acids is 1. The Morgan fingerprint density at radius 2 is 1.93 bits per heavy atom. The van der Waals surface area contributed by atoms with Gasteiger partial charge in [-0.15, -0.1) is 11.3 Å². The van der Waals surface area contributed by atoms with Gasteiger partial charge >= 0.3 is 0 Å². The summed E-state index contributed by atoms with van der Waals surface area (Å²) in [5.74, 6) is -0.154. The fourth-order valence-corrected chi connectivity index (χ4v) is 4.70. The third-order valence-corrected chi connectivity index (χ3v) is 6.53. The predicted molar refractivity (Wildman–Crippen MR) is 121 cm³/mol. The SMILES string of the molecule is O=C(CSc1nc2scc(-c3ccccc3)c2c(=O)[nH]1)Nc1ccc(Cl)c(Cl)c1. The first kappa shape index (κ1) is 20.0. The molecule has 0 unspecified atom stereocenters. The van der Waals surface area contributed by atoms with Crippen LogP contribution in [0.25, 0.3) is 21.3 Å². The van der Waals surface area contributed by atoms with E-state index in [1.807, 2.05) is 35.7 Å². The van der Waals surface area contributed by atoms with Gasteiger partial charge in [0.05, 0.1) is 21.2 Å². The molecule has 2 heterocycles. The number of thioether (sulfide) groups is 1. The number of carbonyl (C=O) groups is 1. The molecule has 5 nitrogen and oxygen atoms in total. The van der Waals surface area contributed by atoms with Gasteiger partial charge < -0.3 is 10.3 Å². The number of benzene rings is 2. The summed E-state index contributed by atoms with van der Waals surface area (Å²) < 4.78 is 0. The number of nitrogens with one attached hydrogen (secondary N) is 2. The Morgan fingerprint density at radius 3 is 2.69 bits per heavy atom. The summed E-state index contributed by atoms with van der Waals surface area (Å²) in [5, 5.41) is 6.40. The van der Waals surface area contributed by atoms with Gasteiger partial charge in [-0.05, 0) is 23.8 Å². The number of halogens is 2. The minimum absolute atomic E-state index is 0.0889. The van der Waals surface area contributed by atoms with Crippen molar-refractivity contribution in [2.75, 3.05) is 11.1 Å². The molecule has 0 aliphatic carbocycles. The molecule has 0 bridgehead atoms. The summed E-state index contributed by atoms with van der Waals surface area (Å²) in [7, 11) is 0. The van der Waals surface area contributed by atoms with E-state index in [2.05, 4.69) is 15.3 Å². The van der Waals surface area contributed by atoms with Crippen molar-refractivity contribution in [3.8, 4) is 11.1 Å². The van der Waals surface area contributed by atoms with Crippen LogP contribution < -0.4 is 10.9 Å². The highest BCUT2D eigenvalue weighted by molar-refractivity contribution is 7.99. The number of amides is 1. The average Bonchev–Trinajstić information content (AvgIpc) is 3.15. The molecule has 0 spiro atoms. The maximum absolute atomic E-state index is 12.6. The molecule has 0 aliphatic rings. The van der Waals surface area contributed by atoms with E-state index < -0.39 is 0 Å². The summed E-state index contributed by atoms with van der Waals surface area (Å²) in [4.78, 5) is 32.7. The normalized spacial score (nSPS) is 11.0. The molecule has 1 amide bonds. The van der Waals surface area contributed by atoms with Gasteiger partial charge in [-0.2, -0.15) is 0 Å². The minimum Gasteiger partial charge on any atom is -0.325 e. The first-order chi connectivity index (χ1) is 14.0. The summed E-state index contributed by atoms with van der Waals surface area (Å²) >= 11 is 14.4. The van der Waals surface area contributed by atoms with Crippen molar-refractivity contribution in [1.82, 2.24) is 9.97 Å². The number of hydrogen-bond acceptors (Lipinski definition) is 5. The predicted octanol–water partition coefficient (Wildman–Crippen LogP) is 5.69. The van der Waals surface area contributed by atoms with Crippen LogP contribution in [0, 0.1) is 0 Å². The smallest absolute Gasteiger partial charge is 0.260 e. The molecule has 0 saturated heterocycles. The number of thiophene rings is 1. The number of hydrogen-bond donors (Lipinski definition) is 2. The number of H-pyrrole nitrogens is 1. The second kappa shape index (κ2) is 8.59. The third kappa shape index (κ3) is 4.48. The summed E-state index contributed by atoms with van der Waals surface area (Å²) in [6.45, 7) is 0. The maximum atomic E-state index is 12.6. The van der Waals surface area contributed by atoms with E-state index in [1.165, 1.54) is 11.3 Å². The second-order valence-electron chi connectivity index (χ2n) is 6.03. The number of nitrogens with zero attached hydrogens (tertiary/aromatic N) is 1. The van der Waals surface area contributed by atoms with Crippen LogP contribution in [-0.4, -0.2) is 21.6 Å². The third-order valence-electron chi connectivity index (χ3n) is 4.05. The van der Waals surface area contributed by atoms with Crippen molar-refractivity contribution in [3.05, 3.63) is 74.3 Å². The van der Waals surface area contributed by atoms with Crippen LogP contribution in [0.15, 0.2) is 63.9 Å². The molecule has 29 heavy (non-hydrogen) atoms. The van der Waals surface area contributed by atoms with Crippen LogP contribution in [-0.2, 0) is 4.79 Å². The Morgan fingerprint density at radius 1 is 1.14 bits per heavy atom. The number of rotatable bonds is 5. The van der Waals surface area contributed by atoms with Crippen molar-refractivity contribution in [3.63, 3.8) is 0 Å². The molecule has 0 radical (unpaired) electrons. The number of fused-ring (bicyclic) bond motifs is 1. The zero-order chi connectivity index (χ0) is 20.4. The molecule has 0 atom stereocenters. The monoisotopic (exact) mass is 461 g/mol. The molecular formula is C20H13Cl2N3O2S2. The quantitative estimate of drug-likeness (QED) is 0.295. The summed E-state index contributed by atoms with van der Waals surface area (Å²) in [5.41, 5.74) is 2.15. The molecular weight excluding hydrogens is 449 g/mol. The van der Waals surface area contributed by atoms with Gasteiger partial charge in [0.15, 0.2) is 5.16 Å². The van der Waals surface area contributed by atoms with E-state index in [1.54, 1.807) is 18.2 Å². The van der Waals surface area contributed by atoms with E-state index >= 15 is 0 Å². The van der Waals surface area contributed by atoms with E-state index in [0.29, 0.717) is 31.1 Å². The van der Waals surface area contributed by atoms with Crippen molar-refractivity contribution in [2.45, 2.75) is 5.16 Å². The number of aromatic amines is 1. The van der Waals surface area contributed by atoms with Gasteiger partial charge in [0, 0.05) is 16.6 Å². The minimum atomic E-state index is -0.243. The highest BCUT2D eigenvalue weighted by atomic mass is 35.5. The maximum Gasteiger partial charge on any atom is 0.260 e. The lowest BCUT2D eigenvalue weighted by atomic mass is 10.1. The highest BCUT2D eigenvalue weighted by Crippen LogP contribution is 2.31. The lowest BCUT2D eigenvalue weighted by Gasteiger charge is -2.06. The Labute approximate surface area is 184 Å². The summed E-state index contributed by atoms with van der Waals surface area (Å²) in [6, 6.07) is 14.6. The van der Waals surface area contributed by atoms with Crippen LogP contribution in [0.2, 0.25) is 10.0 Å². The van der Waals surface area contributed by atoms with E-state index in [0.717, 1.165) is 22.9 Å². The zero-order valence-electron chi connectivity index (χ0n) is 14.7. The first-order valence-electron chi connectivity index (χ1n) is 8.46. The van der Waals surface area contributed by atoms with Gasteiger partial charge in [0.25, 0.3) is 5.56 Å². The van der Waals surface area contributed by atoms with Crippen LogP contribution in [0.4, 0.5) is 5.69 Å². The lowest BCUT2D eigenvalue weighted by Crippen LogP contribution is -2.15. The number of aromatic nitrogens is 2. The lowest BCUT2D eigenvalue weighted by molar-refractivity contribution is -0.113. The zero-order valence-corrected chi connectivity index (χ0v) is 17.9.